The lowest BCUT2D eigenvalue weighted by Gasteiger charge is -2.08. The smallest absolute Gasteiger partial charge is 0.485 e. The lowest BCUT2D eigenvalue weighted by atomic mass is 10.2. The third-order valence-electron chi connectivity index (χ3n) is 2.47. The number of non-ortho nitro benzene ring substituents is 1. The summed E-state index contributed by atoms with van der Waals surface area (Å²) in [7, 11) is -4.22. The summed E-state index contributed by atoms with van der Waals surface area (Å²) in [5.74, 6) is 0. The van der Waals surface area contributed by atoms with E-state index in [0.29, 0.717) is 0 Å². The number of fused-ring (bicyclic) bond motifs is 1. The van der Waals surface area contributed by atoms with Gasteiger partial charge in [-0.05, 0) is 12.1 Å². The summed E-state index contributed by atoms with van der Waals surface area (Å²) in [5, 5.41) is 11.6. The molecular formula is C11H9F3N2O5S. The summed E-state index contributed by atoms with van der Waals surface area (Å²) < 4.78 is 60.8. The second-order valence-corrected chi connectivity index (χ2v) is 5.39. The molecule has 0 atom stereocenters. The van der Waals surface area contributed by atoms with Crippen molar-refractivity contribution in [2.45, 2.75) is 5.51 Å². The van der Waals surface area contributed by atoms with Gasteiger partial charge in [0, 0.05) is 17.5 Å². The maximum atomic E-state index is 10.7. The van der Waals surface area contributed by atoms with Gasteiger partial charge in [-0.15, -0.1) is 0 Å². The highest BCUT2D eigenvalue weighted by Gasteiger charge is 2.36. The molecule has 0 fully saturated rings. The number of pyridine rings is 1. The Kier molecular flexibility index (Phi) is 5.04. The molecule has 0 aliphatic rings. The van der Waals surface area contributed by atoms with E-state index in [1.807, 2.05) is 29.9 Å². The topological polar surface area (TPSA) is 104 Å². The molecule has 0 aliphatic carbocycles. The van der Waals surface area contributed by atoms with E-state index in [2.05, 4.69) is 0 Å². The van der Waals surface area contributed by atoms with Crippen LogP contribution in [0.5, 0.6) is 0 Å². The molecule has 120 valence electrons. The maximum absolute atomic E-state index is 10.7. The summed E-state index contributed by atoms with van der Waals surface area (Å²) in [6.07, 6.45) is 1.87. The SMILES string of the molecule is C[n+]1cccc2ccc([N+](=O)[O-])cc21.O=S(=O)([O-])C(F)(F)F. The molecule has 0 amide bonds. The number of nitrogens with zero attached hydrogens (tertiary/aromatic N) is 2. The number of nitro groups is 1. The van der Waals surface area contributed by atoms with Crippen LogP contribution in [0.3, 0.4) is 0 Å². The Hall–Kier alpha value is -2.27. The van der Waals surface area contributed by atoms with Crippen LogP contribution < -0.4 is 4.57 Å². The van der Waals surface area contributed by atoms with E-state index in [9.17, 15) is 23.3 Å². The molecule has 0 spiro atoms. The van der Waals surface area contributed by atoms with Gasteiger partial charge < -0.3 is 4.55 Å². The van der Waals surface area contributed by atoms with Gasteiger partial charge in [-0.2, -0.15) is 13.2 Å². The molecule has 2 aromatic rings. The molecule has 22 heavy (non-hydrogen) atoms. The van der Waals surface area contributed by atoms with Crippen LogP contribution in [-0.2, 0) is 17.2 Å². The Labute approximate surface area is 122 Å². The van der Waals surface area contributed by atoms with Crippen molar-refractivity contribution in [1.29, 1.82) is 0 Å². The number of nitro benzene ring substituents is 1. The number of hydrogen-bond acceptors (Lipinski definition) is 5. The Morgan fingerprint density at radius 2 is 1.77 bits per heavy atom. The molecule has 1 aromatic carbocycles. The summed E-state index contributed by atoms with van der Waals surface area (Å²) in [6, 6.07) is 8.69. The van der Waals surface area contributed by atoms with Crippen molar-refractivity contribution in [3.63, 3.8) is 0 Å². The second kappa shape index (κ2) is 6.23. The van der Waals surface area contributed by atoms with Crippen LogP contribution in [0.2, 0.25) is 0 Å². The standard InChI is InChI=1S/C10H9N2O2.CHF3O3S/c1-11-6-2-3-8-4-5-9(12(13)14)7-10(8)11;2-1(3,4)8(5,6)7/h2-7H,1H3;(H,5,6,7)/q+1;/p-1. The number of aromatic nitrogens is 1. The van der Waals surface area contributed by atoms with Crippen LogP contribution in [-0.4, -0.2) is 23.4 Å². The zero-order valence-corrected chi connectivity index (χ0v) is 11.8. The molecule has 0 radical (unpaired) electrons. The third-order valence-corrected chi connectivity index (χ3v) is 3.04. The largest absolute Gasteiger partial charge is 0.741 e. The van der Waals surface area contributed by atoms with Crippen molar-refractivity contribution in [2.75, 3.05) is 0 Å². The first-order chi connectivity index (χ1) is 9.93. The lowest BCUT2D eigenvalue weighted by molar-refractivity contribution is -0.645. The van der Waals surface area contributed by atoms with Gasteiger partial charge in [-0.25, -0.2) is 13.0 Å². The molecule has 0 aliphatic heterocycles. The van der Waals surface area contributed by atoms with Crippen LogP contribution in [0.25, 0.3) is 10.9 Å². The monoisotopic (exact) mass is 338 g/mol. The predicted octanol–water partition coefficient (Wildman–Crippen LogP) is 1.62. The molecule has 0 N–H and O–H groups in total. The summed E-state index contributed by atoms with van der Waals surface area (Å²) in [4.78, 5) is 10.2. The van der Waals surface area contributed by atoms with Crippen molar-refractivity contribution in [3.8, 4) is 0 Å². The highest BCUT2D eigenvalue weighted by atomic mass is 32.2. The average molecular weight is 338 g/mol. The molecule has 0 saturated heterocycles. The number of alkyl halides is 3. The predicted molar refractivity (Wildman–Crippen MR) is 67.5 cm³/mol. The second-order valence-electron chi connectivity index (χ2n) is 4.02. The van der Waals surface area contributed by atoms with E-state index in [-0.39, 0.29) is 10.6 Å². The van der Waals surface area contributed by atoms with E-state index < -0.39 is 15.6 Å². The van der Waals surface area contributed by atoms with Gasteiger partial charge in [0.15, 0.2) is 16.3 Å². The summed E-state index contributed by atoms with van der Waals surface area (Å²) in [5.41, 5.74) is -4.66. The Morgan fingerprint density at radius 1 is 1.23 bits per heavy atom. The van der Waals surface area contributed by atoms with Crippen molar-refractivity contribution in [2.24, 2.45) is 7.05 Å². The van der Waals surface area contributed by atoms with E-state index in [0.717, 1.165) is 10.9 Å². The molecule has 0 unspecified atom stereocenters. The van der Waals surface area contributed by atoms with E-state index in [1.165, 1.54) is 6.07 Å². The van der Waals surface area contributed by atoms with Gasteiger partial charge >= 0.3 is 5.51 Å². The number of benzene rings is 1. The maximum Gasteiger partial charge on any atom is 0.485 e. The fraction of sp³-hybridized carbons (Fsp3) is 0.182. The van der Waals surface area contributed by atoms with Crippen molar-refractivity contribution < 1.29 is 35.6 Å². The zero-order valence-electron chi connectivity index (χ0n) is 10.9. The quantitative estimate of drug-likeness (QED) is 0.258. The Balaban J connectivity index is 0.000000261. The minimum absolute atomic E-state index is 0.124. The highest BCUT2D eigenvalue weighted by molar-refractivity contribution is 7.86. The average Bonchev–Trinajstić information content (AvgIpc) is 2.37. The third kappa shape index (κ3) is 4.36. The van der Waals surface area contributed by atoms with Crippen LogP contribution in [0, 0.1) is 10.1 Å². The molecule has 2 rings (SSSR count). The summed E-state index contributed by atoms with van der Waals surface area (Å²) >= 11 is 0. The van der Waals surface area contributed by atoms with Crippen LogP contribution in [0.4, 0.5) is 18.9 Å². The van der Waals surface area contributed by atoms with Gasteiger partial charge in [0.05, 0.1) is 11.0 Å². The van der Waals surface area contributed by atoms with Crippen molar-refractivity contribution in [1.82, 2.24) is 0 Å². The molecule has 0 saturated carbocycles. The first-order valence-electron chi connectivity index (χ1n) is 5.48. The lowest BCUT2D eigenvalue weighted by Crippen LogP contribution is -2.27. The first kappa shape index (κ1) is 17.8. The molecule has 0 bridgehead atoms. The normalized spacial score (nSPS) is 11.7. The minimum atomic E-state index is -6.09. The number of hydrogen-bond donors (Lipinski definition) is 0. The number of rotatable bonds is 1. The van der Waals surface area contributed by atoms with E-state index >= 15 is 0 Å². The van der Waals surface area contributed by atoms with Crippen LogP contribution in [0.15, 0.2) is 36.5 Å². The molecule has 11 heteroatoms. The van der Waals surface area contributed by atoms with Crippen LogP contribution >= 0.6 is 0 Å². The number of aryl methyl sites for hydroxylation is 1. The van der Waals surface area contributed by atoms with Gasteiger partial charge in [0.25, 0.3) is 5.69 Å². The first-order valence-corrected chi connectivity index (χ1v) is 6.89. The van der Waals surface area contributed by atoms with Crippen molar-refractivity contribution in [3.05, 3.63) is 46.6 Å². The minimum Gasteiger partial charge on any atom is -0.741 e. The van der Waals surface area contributed by atoms with Gasteiger partial charge in [0.2, 0.25) is 5.52 Å². The zero-order chi connectivity index (χ0) is 17.1. The molecular weight excluding hydrogens is 329 g/mol. The molecule has 1 aromatic heterocycles. The number of halogens is 3. The Morgan fingerprint density at radius 3 is 2.23 bits per heavy atom. The Bertz CT molecular complexity index is 805. The fourth-order valence-electron chi connectivity index (χ4n) is 1.45. The van der Waals surface area contributed by atoms with Crippen LogP contribution in [0.1, 0.15) is 0 Å². The highest BCUT2D eigenvalue weighted by Crippen LogP contribution is 2.20. The fourth-order valence-corrected chi connectivity index (χ4v) is 1.45. The van der Waals surface area contributed by atoms with E-state index in [4.69, 9.17) is 13.0 Å². The molecule has 1 heterocycles. The van der Waals surface area contributed by atoms with E-state index in [1.54, 1.807) is 12.1 Å². The van der Waals surface area contributed by atoms with Gasteiger partial charge in [-0.1, -0.05) is 0 Å². The van der Waals surface area contributed by atoms with Crippen molar-refractivity contribution >= 4 is 26.7 Å². The van der Waals surface area contributed by atoms with Gasteiger partial charge in [-0.3, -0.25) is 10.1 Å². The molecule has 7 nitrogen and oxygen atoms in total. The summed E-state index contributed by atoms with van der Waals surface area (Å²) in [6.45, 7) is 0. The van der Waals surface area contributed by atoms with Gasteiger partial charge in [0.1, 0.15) is 7.05 Å².